The first-order valence-corrected chi connectivity index (χ1v) is 5.29. The fourth-order valence-electron chi connectivity index (χ4n) is 1.52. The molecule has 0 aromatic carbocycles. The van der Waals surface area contributed by atoms with Gasteiger partial charge in [0.2, 0.25) is 0 Å². The van der Waals surface area contributed by atoms with Crippen molar-refractivity contribution in [2.45, 2.75) is 33.1 Å². The van der Waals surface area contributed by atoms with Crippen LogP contribution in [0, 0.1) is 6.92 Å². The van der Waals surface area contributed by atoms with Crippen LogP contribution in [0.1, 0.15) is 31.0 Å². The number of anilines is 1. The minimum Gasteiger partial charge on any atom is -0.363 e. The zero-order valence-corrected chi connectivity index (χ0v) is 9.67. The number of pyridine rings is 1. The number of hydrogen-bond acceptors (Lipinski definition) is 2. The molecule has 1 aromatic heterocycles. The van der Waals surface area contributed by atoms with E-state index in [0.717, 1.165) is 17.9 Å². The van der Waals surface area contributed by atoms with Gasteiger partial charge in [-0.1, -0.05) is 19.4 Å². The minimum absolute atomic E-state index is 1.09. The van der Waals surface area contributed by atoms with Gasteiger partial charge in [0, 0.05) is 19.8 Å². The van der Waals surface area contributed by atoms with Crippen molar-refractivity contribution in [3.05, 3.63) is 23.4 Å². The lowest BCUT2D eigenvalue weighted by molar-refractivity contribution is 0.788. The van der Waals surface area contributed by atoms with Gasteiger partial charge in [0.1, 0.15) is 5.82 Å². The van der Waals surface area contributed by atoms with Crippen molar-refractivity contribution >= 4 is 5.82 Å². The van der Waals surface area contributed by atoms with Crippen molar-refractivity contribution < 1.29 is 0 Å². The number of hydrogen-bond donors (Lipinski definition) is 0. The summed E-state index contributed by atoms with van der Waals surface area (Å²) < 4.78 is 0. The summed E-state index contributed by atoms with van der Waals surface area (Å²) in [6.07, 6.45) is 3.61. The molecule has 0 fully saturated rings. The molecule has 2 heteroatoms. The molecule has 1 heterocycles. The largest absolute Gasteiger partial charge is 0.363 e. The van der Waals surface area contributed by atoms with Gasteiger partial charge in [0.15, 0.2) is 0 Å². The molecular weight excluding hydrogens is 172 g/mol. The lowest BCUT2D eigenvalue weighted by Crippen LogP contribution is -2.13. The Morgan fingerprint density at radius 3 is 2.57 bits per heavy atom. The Hall–Kier alpha value is -1.05. The number of nitrogens with zero attached hydrogens (tertiary/aromatic N) is 2. The first-order valence-electron chi connectivity index (χ1n) is 5.29. The van der Waals surface area contributed by atoms with Crippen molar-refractivity contribution in [3.63, 3.8) is 0 Å². The van der Waals surface area contributed by atoms with E-state index >= 15 is 0 Å². The second-order valence-electron chi connectivity index (χ2n) is 3.93. The van der Waals surface area contributed by atoms with Gasteiger partial charge in [0.05, 0.1) is 0 Å². The van der Waals surface area contributed by atoms with Crippen LogP contribution >= 0.6 is 0 Å². The van der Waals surface area contributed by atoms with Crippen molar-refractivity contribution in [2.75, 3.05) is 19.0 Å². The van der Waals surface area contributed by atoms with E-state index in [2.05, 4.69) is 43.0 Å². The monoisotopic (exact) mass is 192 g/mol. The van der Waals surface area contributed by atoms with Crippen LogP contribution in [0.15, 0.2) is 12.1 Å². The maximum atomic E-state index is 4.55. The van der Waals surface area contributed by atoms with E-state index < -0.39 is 0 Å². The van der Waals surface area contributed by atoms with Crippen LogP contribution in [0.4, 0.5) is 5.82 Å². The smallest absolute Gasteiger partial charge is 0.131 e. The maximum absolute atomic E-state index is 4.55. The molecule has 2 nitrogen and oxygen atoms in total. The van der Waals surface area contributed by atoms with E-state index in [-0.39, 0.29) is 0 Å². The molecule has 0 unspecified atom stereocenters. The fourth-order valence-corrected chi connectivity index (χ4v) is 1.52. The Balaban J connectivity index is 2.90. The molecule has 0 atom stereocenters. The van der Waals surface area contributed by atoms with E-state index in [1.165, 1.54) is 18.4 Å². The average molecular weight is 192 g/mol. The van der Waals surface area contributed by atoms with Crippen LogP contribution in [-0.2, 0) is 6.42 Å². The summed E-state index contributed by atoms with van der Waals surface area (Å²) in [6, 6.07) is 4.30. The second kappa shape index (κ2) is 4.99. The standard InChI is InChI=1S/C12H20N2/c1-5-6-7-11-9-8-10(2)13-12(11)14(3)4/h8-9H,5-7H2,1-4H3. The SMILES string of the molecule is CCCCc1ccc(C)nc1N(C)C. The quantitative estimate of drug-likeness (QED) is 0.729. The predicted octanol–water partition coefficient (Wildman–Crippen LogP) is 2.80. The Bertz CT molecular complexity index is 292. The predicted molar refractivity (Wildman–Crippen MR) is 61.9 cm³/mol. The lowest BCUT2D eigenvalue weighted by Gasteiger charge is -2.16. The highest BCUT2D eigenvalue weighted by Gasteiger charge is 2.05. The highest BCUT2D eigenvalue weighted by molar-refractivity contribution is 5.46. The molecule has 1 aromatic rings. The molecule has 0 radical (unpaired) electrons. The molecular formula is C12H20N2. The normalized spacial score (nSPS) is 10.3. The summed E-state index contributed by atoms with van der Waals surface area (Å²) >= 11 is 0. The van der Waals surface area contributed by atoms with Gasteiger partial charge in [0.25, 0.3) is 0 Å². The molecule has 0 saturated carbocycles. The van der Waals surface area contributed by atoms with Crippen molar-refractivity contribution in [1.82, 2.24) is 4.98 Å². The molecule has 0 bridgehead atoms. The van der Waals surface area contributed by atoms with E-state index in [9.17, 15) is 0 Å². The summed E-state index contributed by atoms with van der Waals surface area (Å²) in [5, 5.41) is 0. The van der Waals surface area contributed by atoms with E-state index in [4.69, 9.17) is 0 Å². The molecule has 0 N–H and O–H groups in total. The minimum atomic E-state index is 1.09. The van der Waals surface area contributed by atoms with Gasteiger partial charge in [-0.25, -0.2) is 4.98 Å². The van der Waals surface area contributed by atoms with Gasteiger partial charge >= 0.3 is 0 Å². The van der Waals surface area contributed by atoms with Crippen molar-refractivity contribution in [1.29, 1.82) is 0 Å². The van der Waals surface area contributed by atoms with Crippen LogP contribution < -0.4 is 4.90 Å². The number of aromatic nitrogens is 1. The molecule has 0 amide bonds. The summed E-state index contributed by atoms with van der Waals surface area (Å²) in [4.78, 5) is 6.65. The zero-order valence-electron chi connectivity index (χ0n) is 9.67. The third-order valence-corrected chi connectivity index (χ3v) is 2.32. The third kappa shape index (κ3) is 2.72. The van der Waals surface area contributed by atoms with E-state index in [0.29, 0.717) is 0 Å². The molecule has 0 saturated heterocycles. The van der Waals surface area contributed by atoms with Gasteiger partial charge in [-0.2, -0.15) is 0 Å². The highest BCUT2D eigenvalue weighted by Crippen LogP contribution is 2.18. The second-order valence-corrected chi connectivity index (χ2v) is 3.93. The van der Waals surface area contributed by atoms with E-state index in [1.54, 1.807) is 0 Å². The van der Waals surface area contributed by atoms with Gasteiger partial charge < -0.3 is 4.90 Å². The Labute approximate surface area is 87.0 Å². The maximum Gasteiger partial charge on any atom is 0.131 e. The molecule has 14 heavy (non-hydrogen) atoms. The number of unbranched alkanes of at least 4 members (excludes halogenated alkanes) is 1. The van der Waals surface area contributed by atoms with E-state index in [1.807, 2.05) is 6.92 Å². The summed E-state index contributed by atoms with van der Waals surface area (Å²) in [7, 11) is 4.11. The van der Waals surface area contributed by atoms with Crippen LogP contribution in [0.2, 0.25) is 0 Å². The Morgan fingerprint density at radius 2 is 2.00 bits per heavy atom. The van der Waals surface area contributed by atoms with Crippen LogP contribution in [0.3, 0.4) is 0 Å². The Kier molecular flexibility index (Phi) is 3.93. The van der Waals surface area contributed by atoms with Crippen LogP contribution in [-0.4, -0.2) is 19.1 Å². The molecule has 0 spiro atoms. The molecule has 1 rings (SSSR count). The molecule has 0 aliphatic carbocycles. The van der Waals surface area contributed by atoms with Gasteiger partial charge in [-0.3, -0.25) is 0 Å². The van der Waals surface area contributed by atoms with Crippen LogP contribution in [0.5, 0.6) is 0 Å². The van der Waals surface area contributed by atoms with Gasteiger partial charge in [-0.15, -0.1) is 0 Å². The average Bonchev–Trinajstić information content (AvgIpc) is 2.15. The molecule has 78 valence electrons. The zero-order chi connectivity index (χ0) is 10.6. The summed E-state index contributed by atoms with van der Waals surface area (Å²) in [6.45, 7) is 4.26. The number of rotatable bonds is 4. The van der Waals surface area contributed by atoms with Crippen molar-refractivity contribution in [2.24, 2.45) is 0 Å². The summed E-state index contributed by atoms with van der Waals surface area (Å²) in [5.74, 6) is 1.12. The number of aryl methyl sites for hydroxylation is 2. The first kappa shape index (κ1) is 11.0. The first-order chi connectivity index (χ1) is 6.65. The fraction of sp³-hybridized carbons (Fsp3) is 0.583. The Morgan fingerprint density at radius 1 is 1.29 bits per heavy atom. The molecule has 0 aliphatic rings. The van der Waals surface area contributed by atoms with Gasteiger partial charge in [-0.05, 0) is 31.4 Å². The lowest BCUT2D eigenvalue weighted by atomic mass is 10.1. The topological polar surface area (TPSA) is 16.1 Å². The summed E-state index contributed by atoms with van der Waals surface area (Å²) in [5.41, 5.74) is 2.45. The highest BCUT2D eigenvalue weighted by atomic mass is 15.1. The molecule has 0 aliphatic heterocycles. The van der Waals surface area contributed by atoms with Crippen LogP contribution in [0.25, 0.3) is 0 Å². The van der Waals surface area contributed by atoms with Crippen molar-refractivity contribution in [3.8, 4) is 0 Å². The third-order valence-electron chi connectivity index (χ3n) is 2.32.